The van der Waals surface area contributed by atoms with Crippen LogP contribution in [0, 0.1) is 6.92 Å². The van der Waals surface area contributed by atoms with Crippen LogP contribution >= 0.6 is 0 Å². The van der Waals surface area contributed by atoms with E-state index in [4.69, 9.17) is 0 Å². The highest BCUT2D eigenvalue weighted by Crippen LogP contribution is 2.16. The molecule has 0 bridgehead atoms. The summed E-state index contributed by atoms with van der Waals surface area (Å²) in [6.07, 6.45) is 2.44. The van der Waals surface area contributed by atoms with Crippen molar-refractivity contribution in [1.82, 2.24) is 4.57 Å². The normalized spacial score (nSPS) is 15.7. The maximum atomic E-state index is 2.53. The molecule has 0 unspecified atom stereocenters. The number of fused-ring (bicyclic) bond motifs is 1. The molecular weight excluding hydrogens is 184 g/mol. The van der Waals surface area contributed by atoms with Crippen molar-refractivity contribution >= 4 is 5.71 Å². The number of hydrogen-bond acceptors (Lipinski definition) is 0. The monoisotopic (exact) mass is 205 g/mol. The van der Waals surface area contributed by atoms with Gasteiger partial charge in [-0.1, -0.05) is 6.92 Å². The Bertz CT molecular complexity index is 385. The van der Waals surface area contributed by atoms with Gasteiger partial charge in [-0.05, 0) is 32.4 Å². The van der Waals surface area contributed by atoms with Gasteiger partial charge in [-0.15, -0.1) is 0 Å². The second-order valence-corrected chi connectivity index (χ2v) is 4.29. The molecule has 0 saturated heterocycles. The third-order valence-electron chi connectivity index (χ3n) is 3.34. The first-order valence-electron chi connectivity index (χ1n) is 6.05. The van der Waals surface area contributed by atoms with Crippen molar-refractivity contribution in [1.29, 1.82) is 0 Å². The Kier molecular flexibility index (Phi) is 2.94. The molecule has 0 atom stereocenters. The van der Waals surface area contributed by atoms with Gasteiger partial charge in [0, 0.05) is 12.1 Å². The molecular formula is C13H21N2+. The molecule has 0 spiro atoms. The van der Waals surface area contributed by atoms with Crippen molar-refractivity contribution in [3.05, 3.63) is 23.5 Å². The van der Waals surface area contributed by atoms with Gasteiger partial charge in [0.05, 0.1) is 6.54 Å². The lowest BCUT2D eigenvalue weighted by atomic mass is 10.1. The van der Waals surface area contributed by atoms with Crippen molar-refractivity contribution in [2.45, 2.75) is 40.2 Å². The smallest absolute Gasteiger partial charge is 0.199 e. The number of rotatable bonds is 3. The first-order valence-corrected chi connectivity index (χ1v) is 6.05. The highest BCUT2D eigenvalue weighted by molar-refractivity contribution is 5.95. The zero-order valence-corrected chi connectivity index (χ0v) is 10.1. The molecule has 1 aliphatic rings. The number of likely N-dealkylation sites (N-methyl/N-ethyl adjacent to an activating group) is 1. The van der Waals surface area contributed by atoms with E-state index in [2.05, 4.69) is 42.0 Å². The molecule has 1 aromatic rings. The van der Waals surface area contributed by atoms with Crippen molar-refractivity contribution in [2.24, 2.45) is 0 Å². The molecule has 1 aliphatic heterocycles. The minimum atomic E-state index is 1.14. The summed E-state index contributed by atoms with van der Waals surface area (Å²) in [5.74, 6) is 0. The van der Waals surface area contributed by atoms with Gasteiger partial charge in [-0.3, -0.25) is 0 Å². The van der Waals surface area contributed by atoms with Gasteiger partial charge in [0.2, 0.25) is 0 Å². The molecule has 2 heteroatoms. The van der Waals surface area contributed by atoms with E-state index in [1.165, 1.54) is 30.8 Å². The Morgan fingerprint density at radius 2 is 2.13 bits per heavy atom. The summed E-state index contributed by atoms with van der Waals surface area (Å²) < 4.78 is 4.98. The van der Waals surface area contributed by atoms with Gasteiger partial charge in [-0.2, -0.15) is 0 Å². The van der Waals surface area contributed by atoms with Crippen molar-refractivity contribution in [3.63, 3.8) is 0 Å². The third kappa shape index (κ3) is 1.73. The summed E-state index contributed by atoms with van der Waals surface area (Å²) in [7, 11) is 0. The van der Waals surface area contributed by atoms with Crippen LogP contribution in [0.3, 0.4) is 0 Å². The van der Waals surface area contributed by atoms with Gasteiger partial charge in [0.15, 0.2) is 12.3 Å². The molecule has 0 amide bonds. The lowest BCUT2D eigenvalue weighted by Crippen LogP contribution is -2.33. The van der Waals surface area contributed by atoms with E-state index >= 15 is 0 Å². The summed E-state index contributed by atoms with van der Waals surface area (Å²) >= 11 is 0. The van der Waals surface area contributed by atoms with E-state index in [0.29, 0.717) is 0 Å². The van der Waals surface area contributed by atoms with Crippen LogP contribution in [-0.2, 0) is 6.54 Å². The maximum Gasteiger partial charge on any atom is 0.199 e. The summed E-state index contributed by atoms with van der Waals surface area (Å²) in [5, 5.41) is 0. The van der Waals surface area contributed by atoms with Crippen LogP contribution in [0.5, 0.6) is 0 Å². The molecule has 0 N–H and O–H groups in total. The average Bonchev–Trinajstić information content (AvgIpc) is 2.62. The van der Waals surface area contributed by atoms with E-state index in [1.54, 1.807) is 5.71 Å². The minimum Gasteiger partial charge on any atom is -0.334 e. The summed E-state index contributed by atoms with van der Waals surface area (Å²) in [6, 6.07) is 4.52. The number of aryl methyl sites for hydroxylation is 1. The van der Waals surface area contributed by atoms with Gasteiger partial charge in [0.25, 0.3) is 0 Å². The van der Waals surface area contributed by atoms with E-state index in [9.17, 15) is 0 Å². The molecule has 0 aromatic carbocycles. The van der Waals surface area contributed by atoms with Crippen LogP contribution in [-0.4, -0.2) is 27.9 Å². The van der Waals surface area contributed by atoms with Crippen molar-refractivity contribution in [2.75, 3.05) is 13.1 Å². The standard InChI is InChI=1S/C13H21N2/c1-4-6-12-13-8-7-11(3)15(13)10-9-14(12)5-2/h7-8H,4-6,9-10H2,1-3H3/q+1. The predicted octanol–water partition coefficient (Wildman–Crippen LogP) is 2.43. The lowest BCUT2D eigenvalue weighted by Gasteiger charge is -2.18. The van der Waals surface area contributed by atoms with E-state index < -0.39 is 0 Å². The fraction of sp³-hybridized carbons (Fsp3) is 0.615. The molecule has 0 saturated carbocycles. The van der Waals surface area contributed by atoms with E-state index in [1.807, 2.05) is 0 Å². The molecule has 0 fully saturated rings. The quantitative estimate of drug-likeness (QED) is 0.670. The van der Waals surface area contributed by atoms with Crippen LogP contribution in [0.15, 0.2) is 12.1 Å². The van der Waals surface area contributed by atoms with Gasteiger partial charge >= 0.3 is 0 Å². The van der Waals surface area contributed by atoms with Crippen LogP contribution in [0.4, 0.5) is 0 Å². The van der Waals surface area contributed by atoms with Crippen LogP contribution in [0.25, 0.3) is 0 Å². The van der Waals surface area contributed by atoms with Gasteiger partial charge < -0.3 is 4.57 Å². The molecule has 82 valence electrons. The van der Waals surface area contributed by atoms with Crippen molar-refractivity contribution < 1.29 is 4.58 Å². The average molecular weight is 205 g/mol. The SMILES string of the molecule is CCCC1=[N+](CC)CCn2c(C)ccc21. The fourth-order valence-electron chi connectivity index (χ4n) is 2.51. The molecule has 0 aliphatic carbocycles. The largest absolute Gasteiger partial charge is 0.334 e. The Morgan fingerprint density at radius 1 is 1.33 bits per heavy atom. The molecule has 1 aromatic heterocycles. The molecule has 15 heavy (non-hydrogen) atoms. The fourth-order valence-corrected chi connectivity index (χ4v) is 2.51. The molecule has 2 rings (SSSR count). The Balaban J connectivity index is 2.45. The highest BCUT2D eigenvalue weighted by Gasteiger charge is 2.24. The third-order valence-corrected chi connectivity index (χ3v) is 3.34. The molecule has 2 nitrogen and oxygen atoms in total. The Morgan fingerprint density at radius 3 is 2.80 bits per heavy atom. The number of nitrogens with zero attached hydrogens (tertiary/aromatic N) is 2. The van der Waals surface area contributed by atoms with Crippen LogP contribution < -0.4 is 0 Å². The minimum absolute atomic E-state index is 1.14. The molecule has 0 radical (unpaired) electrons. The second-order valence-electron chi connectivity index (χ2n) is 4.29. The topological polar surface area (TPSA) is 7.94 Å². The van der Waals surface area contributed by atoms with Crippen molar-refractivity contribution in [3.8, 4) is 0 Å². The molecule has 2 heterocycles. The van der Waals surface area contributed by atoms with Gasteiger partial charge in [-0.25, -0.2) is 4.58 Å². The van der Waals surface area contributed by atoms with Gasteiger partial charge in [0.1, 0.15) is 12.2 Å². The summed E-state index contributed by atoms with van der Waals surface area (Å²) in [5.41, 5.74) is 4.39. The number of aromatic nitrogens is 1. The summed E-state index contributed by atoms with van der Waals surface area (Å²) in [6.45, 7) is 10.2. The maximum absolute atomic E-state index is 2.53. The van der Waals surface area contributed by atoms with E-state index in [0.717, 1.165) is 13.1 Å². The zero-order chi connectivity index (χ0) is 10.8. The van der Waals surface area contributed by atoms with E-state index in [-0.39, 0.29) is 0 Å². The Labute approximate surface area is 92.2 Å². The number of hydrogen-bond donors (Lipinski definition) is 0. The lowest BCUT2D eigenvalue weighted by molar-refractivity contribution is -0.529. The highest BCUT2D eigenvalue weighted by atomic mass is 15.1. The first-order chi connectivity index (χ1) is 7.27. The Hall–Kier alpha value is -1.05. The van der Waals surface area contributed by atoms with Crippen LogP contribution in [0.1, 0.15) is 38.1 Å². The zero-order valence-electron chi connectivity index (χ0n) is 10.1. The van der Waals surface area contributed by atoms with Crippen LogP contribution in [0.2, 0.25) is 0 Å². The second kappa shape index (κ2) is 4.21. The first kappa shape index (κ1) is 10.5. The predicted molar refractivity (Wildman–Crippen MR) is 63.9 cm³/mol. The summed E-state index contributed by atoms with van der Waals surface area (Å²) in [4.78, 5) is 0.